The molecule has 3 heteroatoms. The Bertz CT molecular complexity index is 176. The van der Waals surface area contributed by atoms with Crippen molar-refractivity contribution >= 4 is 0 Å². The first-order chi connectivity index (χ1) is 6.59. The van der Waals surface area contributed by atoms with Gasteiger partial charge in [-0.1, -0.05) is 13.8 Å². The molecule has 2 unspecified atom stereocenters. The van der Waals surface area contributed by atoms with Crippen LogP contribution < -0.4 is 5.73 Å². The van der Waals surface area contributed by atoms with Gasteiger partial charge >= 0.3 is 0 Å². The van der Waals surface area contributed by atoms with Gasteiger partial charge in [0.05, 0.1) is 0 Å². The lowest BCUT2D eigenvalue weighted by molar-refractivity contribution is -0.154. The van der Waals surface area contributed by atoms with E-state index in [1.54, 1.807) is 0 Å². The Kier molecular flexibility index (Phi) is 3.93. The average Bonchev–Trinajstić information content (AvgIpc) is 2.67. The molecule has 0 spiro atoms. The lowest BCUT2D eigenvalue weighted by atomic mass is 10.1. The molecule has 0 aliphatic heterocycles. The van der Waals surface area contributed by atoms with Crippen LogP contribution in [0.1, 0.15) is 27.7 Å². The van der Waals surface area contributed by atoms with Gasteiger partial charge < -0.3 is 15.2 Å². The van der Waals surface area contributed by atoms with Gasteiger partial charge in [0.1, 0.15) is 0 Å². The number of ether oxygens (including phenoxy) is 2. The molecule has 2 N–H and O–H groups in total. The maximum Gasteiger partial charge on any atom is 0.161 e. The molecule has 1 fully saturated rings. The van der Waals surface area contributed by atoms with Crippen molar-refractivity contribution < 1.29 is 9.47 Å². The van der Waals surface area contributed by atoms with E-state index >= 15 is 0 Å². The molecule has 0 heterocycles. The fourth-order valence-electron chi connectivity index (χ4n) is 2.36. The molecule has 0 aromatic carbocycles. The normalized spacial score (nSPS) is 29.6. The van der Waals surface area contributed by atoms with Gasteiger partial charge in [-0.15, -0.1) is 0 Å². The van der Waals surface area contributed by atoms with Crippen molar-refractivity contribution in [2.24, 2.45) is 23.0 Å². The third-order valence-corrected chi connectivity index (χ3v) is 3.35. The minimum Gasteiger partial charge on any atom is -0.353 e. The molecule has 0 radical (unpaired) electrons. The fraction of sp³-hybridized carbons (Fsp3) is 1.00. The van der Waals surface area contributed by atoms with Gasteiger partial charge in [0.25, 0.3) is 0 Å². The van der Waals surface area contributed by atoms with Crippen LogP contribution in [0.4, 0.5) is 0 Å². The van der Waals surface area contributed by atoms with Gasteiger partial charge in [-0.25, -0.2) is 0 Å². The Labute approximate surface area is 86.9 Å². The summed E-state index contributed by atoms with van der Waals surface area (Å²) in [4.78, 5) is 0. The van der Waals surface area contributed by atoms with E-state index in [0.29, 0.717) is 25.0 Å². The summed E-state index contributed by atoms with van der Waals surface area (Å²) < 4.78 is 11.2. The van der Waals surface area contributed by atoms with Crippen LogP contribution in [-0.2, 0) is 9.47 Å². The summed E-state index contributed by atoms with van der Waals surface area (Å²) in [5.74, 6) is 1.01. The molecule has 0 amide bonds. The Morgan fingerprint density at radius 1 is 1.21 bits per heavy atom. The van der Waals surface area contributed by atoms with E-state index in [1.165, 1.54) is 0 Å². The Morgan fingerprint density at radius 3 is 2.00 bits per heavy atom. The monoisotopic (exact) mass is 201 g/mol. The molecule has 84 valence electrons. The molecular formula is C11H23NO2. The number of hydrogen-bond acceptors (Lipinski definition) is 3. The van der Waals surface area contributed by atoms with Gasteiger partial charge in [0.2, 0.25) is 0 Å². The summed E-state index contributed by atoms with van der Waals surface area (Å²) in [7, 11) is 0. The van der Waals surface area contributed by atoms with Crippen molar-refractivity contribution in [3.05, 3.63) is 0 Å². The fourth-order valence-corrected chi connectivity index (χ4v) is 2.36. The van der Waals surface area contributed by atoms with Crippen LogP contribution in [0.2, 0.25) is 0 Å². The summed E-state index contributed by atoms with van der Waals surface area (Å²) in [6, 6.07) is 0. The van der Waals surface area contributed by atoms with Crippen LogP contribution in [-0.4, -0.2) is 26.0 Å². The van der Waals surface area contributed by atoms with E-state index in [4.69, 9.17) is 15.2 Å². The van der Waals surface area contributed by atoms with Gasteiger partial charge in [0.15, 0.2) is 6.29 Å². The van der Waals surface area contributed by atoms with E-state index in [-0.39, 0.29) is 11.7 Å². The summed E-state index contributed by atoms with van der Waals surface area (Å²) in [5.41, 5.74) is 6.00. The number of rotatable bonds is 6. The third kappa shape index (κ3) is 2.10. The predicted molar refractivity (Wildman–Crippen MR) is 56.9 cm³/mol. The SMILES string of the molecule is CCOC(OCC)C1C(CN)C1(C)C. The van der Waals surface area contributed by atoms with E-state index < -0.39 is 0 Å². The van der Waals surface area contributed by atoms with Gasteiger partial charge in [-0.05, 0) is 31.7 Å². The maximum atomic E-state index is 5.72. The van der Waals surface area contributed by atoms with Crippen LogP contribution in [0.15, 0.2) is 0 Å². The average molecular weight is 201 g/mol. The second-order valence-electron chi connectivity index (χ2n) is 4.47. The lowest BCUT2D eigenvalue weighted by Crippen LogP contribution is -2.23. The van der Waals surface area contributed by atoms with Crippen molar-refractivity contribution in [2.45, 2.75) is 34.0 Å². The highest BCUT2D eigenvalue weighted by molar-refractivity contribution is 5.06. The lowest BCUT2D eigenvalue weighted by Gasteiger charge is -2.18. The van der Waals surface area contributed by atoms with Crippen LogP contribution in [0, 0.1) is 17.3 Å². The maximum absolute atomic E-state index is 5.72. The van der Waals surface area contributed by atoms with E-state index in [9.17, 15) is 0 Å². The molecule has 14 heavy (non-hydrogen) atoms. The Balaban J connectivity index is 2.53. The molecule has 1 saturated carbocycles. The summed E-state index contributed by atoms with van der Waals surface area (Å²) in [6.07, 6.45) is -0.0615. The highest BCUT2D eigenvalue weighted by Crippen LogP contribution is 2.60. The van der Waals surface area contributed by atoms with Crippen LogP contribution in [0.5, 0.6) is 0 Å². The van der Waals surface area contributed by atoms with Crippen LogP contribution in [0.3, 0.4) is 0 Å². The second-order valence-corrected chi connectivity index (χ2v) is 4.47. The van der Waals surface area contributed by atoms with Crippen LogP contribution >= 0.6 is 0 Å². The molecule has 0 aromatic rings. The van der Waals surface area contributed by atoms with Gasteiger partial charge in [-0.3, -0.25) is 0 Å². The van der Waals surface area contributed by atoms with Gasteiger partial charge in [-0.2, -0.15) is 0 Å². The highest BCUT2D eigenvalue weighted by atomic mass is 16.7. The van der Waals surface area contributed by atoms with Crippen molar-refractivity contribution in [1.82, 2.24) is 0 Å². The van der Waals surface area contributed by atoms with Crippen molar-refractivity contribution in [3.8, 4) is 0 Å². The molecule has 0 aromatic heterocycles. The van der Waals surface area contributed by atoms with E-state index in [1.807, 2.05) is 13.8 Å². The zero-order valence-corrected chi connectivity index (χ0v) is 9.75. The molecule has 1 aliphatic rings. The summed E-state index contributed by atoms with van der Waals surface area (Å²) in [5, 5.41) is 0. The molecule has 2 atom stereocenters. The second kappa shape index (κ2) is 4.60. The molecule has 3 nitrogen and oxygen atoms in total. The summed E-state index contributed by atoms with van der Waals surface area (Å²) >= 11 is 0. The van der Waals surface area contributed by atoms with Crippen molar-refractivity contribution in [3.63, 3.8) is 0 Å². The highest BCUT2D eigenvalue weighted by Gasteiger charge is 2.61. The largest absolute Gasteiger partial charge is 0.353 e. The topological polar surface area (TPSA) is 44.5 Å². The number of nitrogens with two attached hydrogens (primary N) is 1. The van der Waals surface area contributed by atoms with E-state index in [2.05, 4.69) is 13.8 Å². The van der Waals surface area contributed by atoms with Crippen molar-refractivity contribution in [2.75, 3.05) is 19.8 Å². The minimum atomic E-state index is -0.0615. The summed E-state index contributed by atoms with van der Waals surface area (Å²) in [6.45, 7) is 10.6. The molecule has 1 rings (SSSR count). The molecule has 1 aliphatic carbocycles. The first-order valence-electron chi connectivity index (χ1n) is 5.52. The Morgan fingerprint density at radius 2 is 1.71 bits per heavy atom. The zero-order valence-electron chi connectivity index (χ0n) is 9.75. The predicted octanol–water partition coefficient (Wildman–Crippen LogP) is 1.62. The van der Waals surface area contributed by atoms with Gasteiger partial charge in [0, 0.05) is 19.1 Å². The smallest absolute Gasteiger partial charge is 0.161 e. The standard InChI is InChI=1S/C11H23NO2/c1-5-13-10(14-6-2)9-8(7-12)11(9,3)4/h8-10H,5-7,12H2,1-4H3. The van der Waals surface area contributed by atoms with Crippen LogP contribution in [0.25, 0.3) is 0 Å². The minimum absolute atomic E-state index is 0.0615. The van der Waals surface area contributed by atoms with Crippen molar-refractivity contribution in [1.29, 1.82) is 0 Å². The van der Waals surface area contributed by atoms with E-state index in [0.717, 1.165) is 6.54 Å². The molecule has 0 saturated heterocycles. The molecule has 0 bridgehead atoms. The molecular weight excluding hydrogens is 178 g/mol. The zero-order chi connectivity index (χ0) is 10.8. The Hall–Kier alpha value is -0.120. The number of hydrogen-bond donors (Lipinski definition) is 1. The first-order valence-corrected chi connectivity index (χ1v) is 5.52. The first kappa shape index (κ1) is 12.0. The third-order valence-electron chi connectivity index (χ3n) is 3.35. The quantitative estimate of drug-likeness (QED) is 0.664.